The van der Waals surface area contributed by atoms with Gasteiger partial charge in [0.1, 0.15) is 0 Å². The number of benzene rings is 1. The van der Waals surface area contributed by atoms with Crippen molar-refractivity contribution in [2.75, 3.05) is 0 Å². The molecule has 1 aromatic heterocycles. The Morgan fingerprint density at radius 2 is 1.78 bits per heavy atom. The molecule has 0 aliphatic heterocycles. The van der Waals surface area contributed by atoms with E-state index in [-0.39, 0.29) is 9.26 Å². The third-order valence-electron chi connectivity index (χ3n) is 3.39. The van der Waals surface area contributed by atoms with E-state index in [1.165, 1.54) is 12.3 Å². The fourth-order valence-corrected chi connectivity index (χ4v) is 2.75. The number of aryl methyl sites for hydroxylation is 1. The topological polar surface area (TPSA) is 44.0 Å². The molecule has 124 valence electrons. The van der Waals surface area contributed by atoms with Crippen molar-refractivity contribution in [2.45, 2.75) is 33.0 Å². The Morgan fingerprint density at radius 3 is 2.30 bits per heavy atom. The molecule has 8 heteroatoms. The molecule has 0 amide bonds. The lowest BCUT2D eigenvalue weighted by Crippen LogP contribution is -2.41. The highest BCUT2D eigenvalue weighted by Gasteiger charge is 2.31. The number of aromatic nitrogens is 2. The molecule has 0 fully saturated rings. The summed E-state index contributed by atoms with van der Waals surface area (Å²) in [4.78, 5) is 24.6. The summed E-state index contributed by atoms with van der Waals surface area (Å²) >= 11 is 1.77. The largest absolute Gasteiger partial charge is 0.416 e. The van der Waals surface area contributed by atoms with Crippen LogP contribution in [-0.4, -0.2) is 9.13 Å². The second kappa shape index (κ2) is 6.14. The van der Waals surface area contributed by atoms with E-state index in [0.717, 1.165) is 21.3 Å². The van der Waals surface area contributed by atoms with Gasteiger partial charge in [-0.2, -0.15) is 13.2 Å². The van der Waals surface area contributed by atoms with Gasteiger partial charge < -0.3 is 0 Å². The zero-order valence-corrected chi connectivity index (χ0v) is 14.8. The van der Waals surface area contributed by atoms with Crippen LogP contribution >= 0.6 is 22.6 Å². The Labute approximate surface area is 143 Å². The van der Waals surface area contributed by atoms with Crippen LogP contribution in [0.2, 0.25) is 0 Å². The van der Waals surface area contributed by atoms with E-state index >= 15 is 0 Å². The first-order valence-corrected chi connectivity index (χ1v) is 7.84. The summed E-state index contributed by atoms with van der Waals surface area (Å²) in [6, 6.07) is 2.79. The van der Waals surface area contributed by atoms with Crippen LogP contribution in [0, 0.1) is 10.5 Å². The first-order valence-electron chi connectivity index (χ1n) is 6.76. The summed E-state index contributed by atoms with van der Waals surface area (Å²) in [6.45, 7) is 4.95. The zero-order chi connectivity index (χ0) is 17.5. The molecule has 1 heterocycles. The number of halogens is 4. The average Bonchev–Trinajstić information content (AvgIpc) is 2.42. The van der Waals surface area contributed by atoms with Crippen LogP contribution in [0.4, 0.5) is 13.2 Å². The standard InChI is InChI=1S/C15H14F3IN2O2/c1-8(2)21-13(22)11(19)7-20(14(21)23)12-6-10(15(16,17)18)5-4-9(12)3/h4-8H,1-3H3. The van der Waals surface area contributed by atoms with Crippen molar-refractivity contribution in [3.63, 3.8) is 0 Å². The average molecular weight is 438 g/mol. The summed E-state index contributed by atoms with van der Waals surface area (Å²) in [5, 5.41) is 0. The highest BCUT2D eigenvalue weighted by Crippen LogP contribution is 2.31. The lowest BCUT2D eigenvalue weighted by Gasteiger charge is -2.16. The van der Waals surface area contributed by atoms with E-state index in [1.807, 2.05) is 0 Å². The molecule has 0 atom stereocenters. The van der Waals surface area contributed by atoms with E-state index in [1.54, 1.807) is 43.4 Å². The Balaban J connectivity index is 2.83. The number of rotatable bonds is 2. The van der Waals surface area contributed by atoms with Crippen LogP contribution in [0.5, 0.6) is 0 Å². The van der Waals surface area contributed by atoms with Gasteiger partial charge >= 0.3 is 11.9 Å². The molecule has 0 bridgehead atoms. The summed E-state index contributed by atoms with van der Waals surface area (Å²) in [5.74, 6) is 0. The molecular weight excluding hydrogens is 424 g/mol. The van der Waals surface area contributed by atoms with Crippen molar-refractivity contribution in [1.82, 2.24) is 9.13 Å². The van der Waals surface area contributed by atoms with Gasteiger partial charge in [-0.1, -0.05) is 6.07 Å². The van der Waals surface area contributed by atoms with Gasteiger partial charge in [0.05, 0.1) is 14.8 Å². The maximum Gasteiger partial charge on any atom is 0.416 e. The first kappa shape index (κ1) is 17.8. The van der Waals surface area contributed by atoms with Crippen molar-refractivity contribution >= 4 is 22.6 Å². The third-order valence-corrected chi connectivity index (χ3v) is 4.13. The molecule has 1 aromatic carbocycles. The molecule has 4 nitrogen and oxygen atoms in total. The Hall–Kier alpha value is -1.58. The lowest BCUT2D eigenvalue weighted by atomic mass is 10.1. The SMILES string of the molecule is Cc1ccc(C(F)(F)F)cc1-n1cc(I)c(=O)n(C(C)C)c1=O. The maximum absolute atomic E-state index is 12.9. The minimum absolute atomic E-state index is 0.108. The second-order valence-corrected chi connectivity index (χ2v) is 6.56. The maximum atomic E-state index is 12.9. The van der Waals surface area contributed by atoms with Crippen molar-refractivity contribution in [1.29, 1.82) is 0 Å². The molecule has 0 saturated carbocycles. The quantitative estimate of drug-likeness (QED) is 0.674. The number of hydrogen-bond acceptors (Lipinski definition) is 2. The van der Waals surface area contributed by atoms with Gasteiger partial charge in [0.25, 0.3) is 5.56 Å². The molecule has 0 spiro atoms. The molecule has 2 rings (SSSR count). The molecule has 23 heavy (non-hydrogen) atoms. The molecule has 0 aliphatic carbocycles. The van der Waals surface area contributed by atoms with Crippen LogP contribution < -0.4 is 11.2 Å². The Kier molecular flexibility index (Phi) is 4.74. The predicted molar refractivity (Wildman–Crippen MR) is 89.1 cm³/mol. The van der Waals surface area contributed by atoms with E-state index in [9.17, 15) is 22.8 Å². The number of hydrogen-bond donors (Lipinski definition) is 0. The molecule has 2 aromatic rings. The smallest absolute Gasteiger partial charge is 0.268 e. The summed E-state index contributed by atoms with van der Waals surface area (Å²) < 4.78 is 41.1. The van der Waals surface area contributed by atoms with Gasteiger partial charge in [0, 0.05) is 12.2 Å². The zero-order valence-electron chi connectivity index (χ0n) is 12.6. The molecule has 0 N–H and O–H groups in total. The van der Waals surface area contributed by atoms with Crippen LogP contribution in [0.3, 0.4) is 0 Å². The first-order chi connectivity index (χ1) is 10.5. The van der Waals surface area contributed by atoms with E-state index in [4.69, 9.17) is 0 Å². The summed E-state index contributed by atoms with van der Waals surface area (Å²) in [7, 11) is 0. The fraction of sp³-hybridized carbons (Fsp3) is 0.333. The second-order valence-electron chi connectivity index (χ2n) is 5.40. The molecular formula is C15H14F3IN2O2. The predicted octanol–water partition coefficient (Wildman–Crippen LogP) is 3.51. The highest BCUT2D eigenvalue weighted by atomic mass is 127. The third kappa shape index (κ3) is 3.36. The van der Waals surface area contributed by atoms with E-state index < -0.39 is 29.0 Å². The lowest BCUT2D eigenvalue weighted by molar-refractivity contribution is -0.137. The molecule has 0 radical (unpaired) electrons. The van der Waals surface area contributed by atoms with E-state index in [2.05, 4.69) is 0 Å². The molecule has 0 saturated heterocycles. The van der Waals surface area contributed by atoms with Crippen molar-refractivity contribution in [2.24, 2.45) is 0 Å². The van der Waals surface area contributed by atoms with Gasteiger partial charge in [0.15, 0.2) is 0 Å². The summed E-state index contributed by atoms with van der Waals surface area (Å²) in [5.41, 5.74) is -1.34. The van der Waals surface area contributed by atoms with Crippen molar-refractivity contribution in [3.8, 4) is 5.69 Å². The minimum Gasteiger partial charge on any atom is -0.268 e. The molecule has 0 unspecified atom stereocenters. The van der Waals surface area contributed by atoms with Gasteiger partial charge in [0.2, 0.25) is 0 Å². The molecule has 0 aliphatic rings. The van der Waals surface area contributed by atoms with Gasteiger partial charge in [-0.3, -0.25) is 13.9 Å². The Morgan fingerprint density at radius 1 is 1.17 bits per heavy atom. The monoisotopic (exact) mass is 438 g/mol. The van der Waals surface area contributed by atoms with Gasteiger partial charge in [-0.15, -0.1) is 0 Å². The summed E-state index contributed by atoms with van der Waals surface area (Å²) in [6.07, 6.45) is -3.24. The van der Waals surface area contributed by atoms with Crippen LogP contribution in [0.1, 0.15) is 31.0 Å². The van der Waals surface area contributed by atoms with Crippen molar-refractivity contribution < 1.29 is 13.2 Å². The fourth-order valence-electron chi connectivity index (χ4n) is 2.22. The number of alkyl halides is 3. The van der Waals surface area contributed by atoms with E-state index in [0.29, 0.717) is 5.56 Å². The van der Waals surface area contributed by atoms with Gasteiger partial charge in [-0.05, 0) is 61.1 Å². The normalized spacial score (nSPS) is 12.0. The Bertz CT molecular complexity index is 866. The highest BCUT2D eigenvalue weighted by molar-refractivity contribution is 14.1. The van der Waals surface area contributed by atoms with Crippen LogP contribution in [0.15, 0.2) is 34.0 Å². The van der Waals surface area contributed by atoms with Crippen molar-refractivity contribution in [3.05, 3.63) is 59.9 Å². The number of nitrogens with zero attached hydrogens (tertiary/aromatic N) is 2. The van der Waals surface area contributed by atoms with Crippen LogP contribution in [0.25, 0.3) is 5.69 Å². The van der Waals surface area contributed by atoms with Gasteiger partial charge in [-0.25, -0.2) is 4.79 Å². The minimum atomic E-state index is -4.51. The van der Waals surface area contributed by atoms with Crippen LogP contribution in [-0.2, 0) is 6.18 Å².